The highest BCUT2D eigenvalue weighted by Gasteiger charge is 2.21. The lowest BCUT2D eigenvalue weighted by atomic mass is 10.1. The number of rotatable bonds is 6. The predicted octanol–water partition coefficient (Wildman–Crippen LogP) is 4.12. The highest BCUT2D eigenvalue weighted by molar-refractivity contribution is 6.30. The van der Waals surface area contributed by atoms with Gasteiger partial charge in [-0.1, -0.05) is 42.5 Å². The molecule has 23 heavy (non-hydrogen) atoms. The van der Waals surface area contributed by atoms with Gasteiger partial charge in [-0.2, -0.15) is 0 Å². The van der Waals surface area contributed by atoms with Crippen molar-refractivity contribution in [1.82, 2.24) is 4.90 Å². The Balaban J connectivity index is 1.88. The maximum Gasteiger partial charge on any atom is 0.245 e. The fraction of sp³-hybridized carbons (Fsp3) is 0.316. The van der Waals surface area contributed by atoms with Crippen molar-refractivity contribution in [3.63, 3.8) is 0 Å². The summed E-state index contributed by atoms with van der Waals surface area (Å²) in [6.45, 7) is 4.96. The second-order valence-corrected chi connectivity index (χ2v) is 6.09. The Labute approximate surface area is 142 Å². The van der Waals surface area contributed by atoms with E-state index in [-0.39, 0.29) is 5.91 Å². The molecular formula is C19H22ClNO2. The highest BCUT2D eigenvalue weighted by Crippen LogP contribution is 2.22. The molecule has 0 saturated carbocycles. The Hall–Kier alpha value is -2.00. The first-order valence-corrected chi connectivity index (χ1v) is 8.06. The minimum Gasteiger partial charge on any atom is -0.491 e. The average Bonchev–Trinajstić information content (AvgIpc) is 2.57. The molecule has 4 heteroatoms. The molecule has 0 heterocycles. The summed E-state index contributed by atoms with van der Waals surface area (Å²) in [6.07, 6.45) is 0. The van der Waals surface area contributed by atoms with Crippen LogP contribution >= 0.6 is 11.6 Å². The summed E-state index contributed by atoms with van der Waals surface area (Å²) < 4.78 is 5.79. The van der Waals surface area contributed by atoms with Gasteiger partial charge in [0.25, 0.3) is 0 Å². The predicted molar refractivity (Wildman–Crippen MR) is 94.1 cm³/mol. The van der Waals surface area contributed by atoms with Crippen molar-refractivity contribution >= 4 is 17.5 Å². The minimum absolute atomic E-state index is 0.123. The summed E-state index contributed by atoms with van der Waals surface area (Å²) in [6, 6.07) is 15.5. The molecule has 1 unspecified atom stereocenters. The highest BCUT2D eigenvalue weighted by atomic mass is 35.5. The van der Waals surface area contributed by atoms with Crippen molar-refractivity contribution < 1.29 is 9.53 Å². The molecule has 0 radical (unpaired) electrons. The van der Waals surface area contributed by atoms with Crippen LogP contribution in [0.15, 0.2) is 48.5 Å². The second-order valence-electron chi connectivity index (χ2n) is 5.65. The third-order valence-electron chi connectivity index (χ3n) is 3.71. The molecule has 0 N–H and O–H groups in total. The van der Waals surface area contributed by atoms with Gasteiger partial charge in [0.05, 0.1) is 6.54 Å². The zero-order valence-electron chi connectivity index (χ0n) is 13.8. The van der Waals surface area contributed by atoms with Crippen molar-refractivity contribution in [1.29, 1.82) is 0 Å². The van der Waals surface area contributed by atoms with Gasteiger partial charge in [-0.25, -0.2) is 0 Å². The summed E-state index contributed by atoms with van der Waals surface area (Å²) in [5, 5.41) is -0.665. The molecule has 3 nitrogen and oxygen atoms in total. The van der Waals surface area contributed by atoms with Crippen molar-refractivity contribution in [2.75, 3.05) is 20.2 Å². The molecule has 0 aliphatic heterocycles. The molecule has 0 aliphatic carbocycles. The third-order valence-corrected chi connectivity index (χ3v) is 4.15. The van der Waals surface area contributed by atoms with Gasteiger partial charge in [-0.05, 0) is 36.6 Å². The van der Waals surface area contributed by atoms with E-state index in [4.69, 9.17) is 16.3 Å². The molecule has 0 fully saturated rings. The molecular weight excluding hydrogens is 310 g/mol. The minimum atomic E-state index is -0.665. The molecule has 2 aromatic rings. The fourth-order valence-electron chi connectivity index (χ4n) is 2.22. The van der Waals surface area contributed by atoms with Gasteiger partial charge in [-0.3, -0.25) is 4.79 Å². The summed E-state index contributed by atoms with van der Waals surface area (Å²) in [5.74, 6) is 0.735. The summed E-state index contributed by atoms with van der Waals surface area (Å²) in [4.78, 5) is 14.0. The van der Waals surface area contributed by atoms with E-state index in [1.807, 2.05) is 56.3 Å². The van der Waals surface area contributed by atoms with E-state index in [1.54, 1.807) is 11.9 Å². The van der Waals surface area contributed by atoms with E-state index in [9.17, 15) is 4.79 Å². The Bertz CT molecular complexity index is 658. The van der Waals surface area contributed by atoms with Gasteiger partial charge in [-0.15, -0.1) is 11.6 Å². The van der Waals surface area contributed by atoms with Gasteiger partial charge in [0.1, 0.15) is 17.7 Å². The van der Waals surface area contributed by atoms with E-state index in [2.05, 4.69) is 6.07 Å². The second kappa shape index (κ2) is 8.02. The van der Waals surface area contributed by atoms with Crippen LogP contribution in [0.5, 0.6) is 5.75 Å². The number of hydrogen-bond donors (Lipinski definition) is 0. The van der Waals surface area contributed by atoms with Crippen LogP contribution < -0.4 is 4.74 Å². The number of ether oxygens (including phenoxy) is 1. The molecule has 0 aromatic heterocycles. The van der Waals surface area contributed by atoms with Gasteiger partial charge in [0.15, 0.2) is 0 Å². The molecule has 0 spiro atoms. The van der Waals surface area contributed by atoms with E-state index >= 15 is 0 Å². The SMILES string of the molecule is Cc1ccc(C)c(OCCN(C)C(=O)C(Cl)c2ccccc2)c1. The van der Waals surface area contributed by atoms with Gasteiger partial charge >= 0.3 is 0 Å². The molecule has 2 rings (SSSR count). The lowest BCUT2D eigenvalue weighted by Crippen LogP contribution is -2.33. The van der Waals surface area contributed by atoms with Crippen LogP contribution in [-0.4, -0.2) is 31.0 Å². The number of carbonyl (C=O) groups is 1. The number of halogens is 1. The maximum absolute atomic E-state index is 12.3. The van der Waals surface area contributed by atoms with Crippen molar-refractivity contribution in [2.45, 2.75) is 19.2 Å². The number of benzene rings is 2. The molecule has 1 atom stereocenters. The Morgan fingerprint density at radius 1 is 1.17 bits per heavy atom. The number of nitrogens with zero attached hydrogens (tertiary/aromatic N) is 1. The largest absolute Gasteiger partial charge is 0.491 e. The Morgan fingerprint density at radius 2 is 1.87 bits per heavy atom. The zero-order chi connectivity index (χ0) is 16.8. The van der Waals surface area contributed by atoms with Gasteiger partial charge < -0.3 is 9.64 Å². The first kappa shape index (κ1) is 17.4. The smallest absolute Gasteiger partial charge is 0.245 e. The van der Waals surface area contributed by atoms with Crippen LogP contribution in [0.1, 0.15) is 22.1 Å². The third kappa shape index (κ3) is 4.73. The van der Waals surface area contributed by atoms with Crippen LogP contribution in [0.25, 0.3) is 0 Å². The summed E-state index contributed by atoms with van der Waals surface area (Å²) in [7, 11) is 1.74. The Kier molecular flexibility index (Phi) is 6.05. The lowest BCUT2D eigenvalue weighted by Gasteiger charge is -2.21. The number of alkyl halides is 1. The standard InChI is InChI=1S/C19H22ClNO2/c1-14-9-10-15(2)17(13-14)23-12-11-21(3)19(22)18(20)16-7-5-4-6-8-16/h4-10,13,18H,11-12H2,1-3H3. The molecule has 0 saturated heterocycles. The summed E-state index contributed by atoms with van der Waals surface area (Å²) >= 11 is 6.26. The fourth-order valence-corrected chi connectivity index (χ4v) is 2.54. The van der Waals surface area contributed by atoms with E-state index in [0.717, 1.165) is 22.4 Å². The number of carbonyl (C=O) groups excluding carboxylic acids is 1. The summed E-state index contributed by atoms with van der Waals surface area (Å²) in [5.41, 5.74) is 3.05. The van der Waals surface area contributed by atoms with Crippen LogP contribution in [-0.2, 0) is 4.79 Å². The number of aryl methyl sites for hydroxylation is 2. The number of amides is 1. The zero-order valence-corrected chi connectivity index (χ0v) is 14.5. The van der Waals surface area contributed by atoms with Crippen LogP contribution in [0.4, 0.5) is 0 Å². The van der Waals surface area contributed by atoms with E-state index < -0.39 is 5.38 Å². The first-order valence-electron chi connectivity index (χ1n) is 7.63. The van der Waals surface area contributed by atoms with E-state index in [1.165, 1.54) is 0 Å². The normalized spacial score (nSPS) is 11.8. The van der Waals surface area contributed by atoms with Crippen LogP contribution in [0, 0.1) is 13.8 Å². The monoisotopic (exact) mass is 331 g/mol. The van der Waals surface area contributed by atoms with Crippen molar-refractivity contribution in [3.8, 4) is 5.75 Å². The molecule has 1 amide bonds. The average molecular weight is 332 g/mol. The molecule has 2 aromatic carbocycles. The van der Waals surface area contributed by atoms with Gasteiger partial charge in [0, 0.05) is 7.05 Å². The van der Waals surface area contributed by atoms with Crippen LogP contribution in [0.3, 0.4) is 0 Å². The van der Waals surface area contributed by atoms with Gasteiger partial charge in [0.2, 0.25) is 5.91 Å². The molecule has 0 bridgehead atoms. The first-order chi connectivity index (χ1) is 11.0. The van der Waals surface area contributed by atoms with E-state index in [0.29, 0.717) is 13.2 Å². The number of hydrogen-bond acceptors (Lipinski definition) is 2. The lowest BCUT2D eigenvalue weighted by molar-refractivity contribution is -0.129. The van der Waals surface area contributed by atoms with Crippen molar-refractivity contribution in [3.05, 3.63) is 65.2 Å². The molecule has 0 aliphatic rings. The molecule has 122 valence electrons. The van der Waals surface area contributed by atoms with Crippen LogP contribution in [0.2, 0.25) is 0 Å². The van der Waals surface area contributed by atoms with Crippen molar-refractivity contribution in [2.24, 2.45) is 0 Å². The maximum atomic E-state index is 12.3. The quantitative estimate of drug-likeness (QED) is 0.745. The Morgan fingerprint density at radius 3 is 2.57 bits per heavy atom. The topological polar surface area (TPSA) is 29.5 Å². The number of likely N-dealkylation sites (N-methyl/N-ethyl adjacent to an activating group) is 1.